The Morgan fingerprint density at radius 1 is 1.12 bits per heavy atom. The predicted molar refractivity (Wildman–Crippen MR) is 97.4 cm³/mol. The van der Waals surface area contributed by atoms with Gasteiger partial charge < -0.3 is 5.32 Å². The first kappa shape index (κ1) is 17.2. The van der Waals surface area contributed by atoms with E-state index in [-0.39, 0.29) is 11.7 Å². The standard InChI is InChI=1S/C19H18FN3OS/c20-16-6-8-18(9-7-16)25-14-19(24)21-11-10-15-12-22-23(13-15)17-4-2-1-3-5-17/h1-9,12-13H,10-11,14H2,(H,21,24). The van der Waals surface area contributed by atoms with E-state index in [9.17, 15) is 9.18 Å². The summed E-state index contributed by atoms with van der Waals surface area (Å²) >= 11 is 1.39. The van der Waals surface area contributed by atoms with Crippen LogP contribution in [-0.4, -0.2) is 28.0 Å². The van der Waals surface area contributed by atoms with Crippen molar-refractivity contribution >= 4 is 17.7 Å². The highest BCUT2D eigenvalue weighted by atomic mass is 32.2. The van der Waals surface area contributed by atoms with Crippen LogP contribution in [0.1, 0.15) is 5.56 Å². The third-order valence-electron chi connectivity index (χ3n) is 3.58. The van der Waals surface area contributed by atoms with E-state index < -0.39 is 0 Å². The molecular weight excluding hydrogens is 337 g/mol. The van der Waals surface area contributed by atoms with Crippen LogP contribution in [0.15, 0.2) is 71.9 Å². The summed E-state index contributed by atoms with van der Waals surface area (Å²) in [5.74, 6) is 0.00386. The summed E-state index contributed by atoms with van der Waals surface area (Å²) in [6.45, 7) is 0.559. The number of carbonyl (C=O) groups is 1. The van der Waals surface area contributed by atoms with Crippen molar-refractivity contribution in [3.63, 3.8) is 0 Å². The Morgan fingerprint density at radius 2 is 1.88 bits per heavy atom. The Labute approximate surface area is 150 Å². The van der Waals surface area contributed by atoms with Gasteiger partial charge in [0.2, 0.25) is 5.91 Å². The molecule has 0 saturated carbocycles. The van der Waals surface area contributed by atoms with Gasteiger partial charge in [-0.3, -0.25) is 4.79 Å². The number of nitrogens with zero attached hydrogens (tertiary/aromatic N) is 2. The lowest BCUT2D eigenvalue weighted by molar-refractivity contribution is -0.118. The van der Waals surface area contributed by atoms with Gasteiger partial charge in [0.05, 0.1) is 17.6 Å². The number of hydrogen-bond donors (Lipinski definition) is 1. The fourth-order valence-corrected chi connectivity index (χ4v) is 3.02. The number of benzene rings is 2. The first-order chi connectivity index (χ1) is 12.2. The summed E-state index contributed by atoms with van der Waals surface area (Å²) in [7, 11) is 0. The first-order valence-corrected chi connectivity index (χ1v) is 8.93. The molecule has 0 aliphatic rings. The van der Waals surface area contributed by atoms with E-state index in [0.29, 0.717) is 12.3 Å². The quantitative estimate of drug-likeness (QED) is 0.660. The van der Waals surface area contributed by atoms with Gasteiger partial charge in [-0.25, -0.2) is 9.07 Å². The van der Waals surface area contributed by atoms with Crippen LogP contribution < -0.4 is 5.32 Å². The maximum Gasteiger partial charge on any atom is 0.230 e. The molecule has 0 spiro atoms. The van der Waals surface area contributed by atoms with Crippen molar-refractivity contribution < 1.29 is 9.18 Å². The summed E-state index contributed by atoms with van der Waals surface area (Å²) in [5.41, 5.74) is 2.07. The lowest BCUT2D eigenvalue weighted by Crippen LogP contribution is -2.27. The van der Waals surface area contributed by atoms with Crippen LogP contribution in [0, 0.1) is 5.82 Å². The number of rotatable bonds is 7. The summed E-state index contributed by atoms with van der Waals surface area (Å²) in [6.07, 6.45) is 4.50. The number of thioether (sulfide) groups is 1. The fraction of sp³-hybridized carbons (Fsp3) is 0.158. The minimum atomic E-state index is -0.273. The highest BCUT2D eigenvalue weighted by Gasteiger charge is 2.04. The fourth-order valence-electron chi connectivity index (χ4n) is 2.29. The monoisotopic (exact) mass is 355 g/mol. The molecule has 2 aromatic carbocycles. The molecule has 0 aliphatic carbocycles. The van der Waals surface area contributed by atoms with Gasteiger partial charge >= 0.3 is 0 Å². The second kappa shape index (κ2) is 8.48. The van der Waals surface area contributed by atoms with E-state index >= 15 is 0 Å². The number of nitrogens with one attached hydrogen (secondary N) is 1. The third-order valence-corrected chi connectivity index (χ3v) is 4.59. The lowest BCUT2D eigenvalue weighted by Gasteiger charge is -2.04. The zero-order valence-electron chi connectivity index (χ0n) is 13.6. The maximum absolute atomic E-state index is 12.8. The highest BCUT2D eigenvalue weighted by Crippen LogP contribution is 2.17. The molecule has 0 bridgehead atoms. The Morgan fingerprint density at radius 3 is 2.64 bits per heavy atom. The van der Waals surface area contributed by atoms with Gasteiger partial charge in [-0.2, -0.15) is 5.10 Å². The van der Waals surface area contributed by atoms with Gasteiger partial charge in [0.25, 0.3) is 0 Å². The molecule has 0 radical (unpaired) electrons. The Hall–Kier alpha value is -2.60. The molecule has 6 heteroatoms. The normalized spacial score (nSPS) is 10.6. The van der Waals surface area contributed by atoms with Gasteiger partial charge in [0.15, 0.2) is 0 Å². The molecule has 3 aromatic rings. The van der Waals surface area contributed by atoms with Crippen LogP contribution in [0.5, 0.6) is 0 Å². The maximum atomic E-state index is 12.8. The average molecular weight is 355 g/mol. The van der Waals surface area contributed by atoms with Crippen LogP contribution in [0.4, 0.5) is 4.39 Å². The summed E-state index contributed by atoms with van der Waals surface area (Å²) in [4.78, 5) is 12.7. The van der Waals surface area contributed by atoms with Crippen molar-refractivity contribution in [2.24, 2.45) is 0 Å². The zero-order valence-corrected chi connectivity index (χ0v) is 14.4. The number of hydrogen-bond acceptors (Lipinski definition) is 3. The second-order valence-corrected chi connectivity index (χ2v) is 6.52. The molecule has 0 atom stereocenters. The van der Waals surface area contributed by atoms with Crippen molar-refractivity contribution in [2.45, 2.75) is 11.3 Å². The molecule has 3 rings (SSSR count). The van der Waals surface area contributed by atoms with E-state index in [4.69, 9.17) is 0 Å². The molecule has 4 nitrogen and oxygen atoms in total. The van der Waals surface area contributed by atoms with E-state index in [0.717, 1.165) is 22.6 Å². The molecule has 0 fully saturated rings. The van der Waals surface area contributed by atoms with Gasteiger partial charge in [0.1, 0.15) is 5.82 Å². The smallest absolute Gasteiger partial charge is 0.230 e. The number of aromatic nitrogens is 2. The molecule has 1 aromatic heterocycles. The molecule has 0 aliphatic heterocycles. The van der Waals surface area contributed by atoms with Gasteiger partial charge in [-0.15, -0.1) is 11.8 Å². The van der Waals surface area contributed by atoms with Gasteiger partial charge in [-0.05, 0) is 48.4 Å². The largest absolute Gasteiger partial charge is 0.355 e. The van der Waals surface area contributed by atoms with E-state index in [1.165, 1.54) is 23.9 Å². The summed E-state index contributed by atoms with van der Waals surface area (Å²) in [5, 5.41) is 7.23. The van der Waals surface area contributed by atoms with Crippen LogP contribution in [-0.2, 0) is 11.2 Å². The van der Waals surface area contributed by atoms with Crippen LogP contribution in [0.25, 0.3) is 5.69 Å². The molecule has 1 heterocycles. The van der Waals surface area contributed by atoms with E-state index in [2.05, 4.69) is 10.4 Å². The summed E-state index contributed by atoms with van der Waals surface area (Å²) in [6, 6.07) is 16.0. The number of halogens is 1. The SMILES string of the molecule is O=C(CSc1ccc(F)cc1)NCCc1cnn(-c2ccccc2)c1. The van der Waals surface area contributed by atoms with Crippen LogP contribution >= 0.6 is 11.8 Å². The topological polar surface area (TPSA) is 46.9 Å². The van der Waals surface area contributed by atoms with E-state index in [1.807, 2.05) is 47.4 Å². The second-order valence-electron chi connectivity index (χ2n) is 5.47. The molecule has 128 valence electrons. The van der Waals surface area contributed by atoms with Crippen LogP contribution in [0.3, 0.4) is 0 Å². The number of para-hydroxylation sites is 1. The third kappa shape index (κ3) is 5.19. The lowest BCUT2D eigenvalue weighted by atomic mass is 10.2. The zero-order chi connectivity index (χ0) is 17.5. The van der Waals surface area contributed by atoms with Crippen molar-refractivity contribution in [3.8, 4) is 5.69 Å². The number of amides is 1. The highest BCUT2D eigenvalue weighted by molar-refractivity contribution is 8.00. The minimum Gasteiger partial charge on any atom is -0.355 e. The molecule has 0 unspecified atom stereocenters. The Balaban J connectivity index is 1.41. The predicted octanol–water partition coefficient (Wildman–Crippen LogP) is 3.46. The van der Waals surface area contributed by atoms with Gasteiger partial charge in [-0.1, -0.05) is 18.2 Å². The molecule has 25 heavy (non-hydrogen) atoms. The van der Waals surface area contributed by atoms with Crippen molar-refractivity contribution in [3.05, 3.63) is 78.4 Å². The number of carbonyl (C=O) groups excluding carboxylic acids is 1. The molecule has 1 N–H and O–H groups in total. The van der Waals surface area contributed by atoms with Crippen molar-refractivity contribution in [2.75, 3.05) is 12.3 Å². The van der Waals surface area contributed by atoms with Crippen molar-refractivity contribution in [1.29, 1.82) is 0 Å². The summed E-state index contributed by atoms with van der Waals surface area (Å²) < 4.78 is 14.6. The Kier molecular flexibility index (Phi) is 5.85. The Bertz CT molecular complexity index is 818. The minimum absolute atomic E-state index is 0.0372. The molecular formula is C19H18FN3OS. The molecule has 1 amide bonds. The molecule has 0 saturated heterocycles. The van der Waals surface area contributed by atoms with E-state index in [1.54, 1.807) is 12.1 Å². The van der Waals surface area contributed by atoms with Gasteiger partial charge in [0, 0.05) is 17.6 Å². The van der Waals surface area contributed by atoms with Crippen molar-refractivity contribution in [1.82, 2.24) is 15.1 Å². The first-order valence-electron chi connectivity index (χ1n) is 7.95. The average Bonchev–Trinajstić information content (AvgIpc) is 3.11. The van der Waals surface area contributed by atoms with Crippen LogP contribution in [0.2, 0.25) is 0 Å².